The van der Waals surface area contributed by atoms with Gasteiger partial charge in [0.15, 0.2) is 0 Å². The molecule has 8 heteroatoms. The van der Waals surface area contributed by atoms with E-state index >= 15 is 0 Å². The number of aromatic carboxylic acids is 1. The van der Waals surface area contributed by atoms with Crippen molar-refractivity contribution in [3.8, 4) is 0 Å². The predicted octanol–water partition coefficient (Wildman–Crippen LogP) is -1.77. The van der Waals surface area contributed by atoms with Gasteiger partial charge >= 0.3 is 41.4 Å². The van der Waals surface area contributed by atoms with Crippen LogP contribution in [0.5, 0.6) is 0 Å². The van der Waals surface area contributed by atoms with E-state index in [1.165, 1.54) is 0 Å². The molecule has 2 rings (SSSR count). The maximum absolute atomic E-state index is 12.5. The Kier molecular flexibility index (Phi) is 3.66. The molecule has 17 heavy (non-hydrogen) atoms. The molecule has 0 aliphatic carbocycles. The van der Waals surface area contributed by atoms with E-state index in [9.17, 15) is 23.1 Å². The molecule has 84 valence electrons. The Bertz CT molecular complexity index is 464. The van der Waals surface area contributed by atoms with E-state index in [2.05, 4.69) is 10.2 Å². The summed E-state index contributed by atoms with van der Waals surface area (Å²) in [7, 11) is 0. The van der Waals surface area contributed by atoms with Crippen molar-refractivity contribution in [3.63, 3.8) is 0 Å². The van der Waals surface area contributed by atoms with Gasteiger partial charge in [0.1, 0.15) is 0 Å². The third-order valence-electron chi connectivity index (χ3n) is 2.22. The van der Waals surface area contributed by atoms with Crippen molar-refractivity contribution < 1.29 is 52.6 Å². The fourth-order valence-corrected chi connectivity index (χ4v) is 1.28. The molecule has 1 aliphatic rings. The van der Waals surface area contributed by atoms with Crippen LogP contribution in [0.3, 0.4) is 0 Å². The van der Waals surface area contributed by atoms with Gasteiger partial charge in [0.05, 0.1) is 5.97 Å². The van der Waals surface area contributed by atoms with Gasteiger partial charge in [-0.3, -0.25) is 0 Å². The molecule has 0 unspecified atom stereocenters. The van der Waals surface area contributed by atoms with Crippen LogP contribution in [0.1, 0.15) is 15.9 Å². The zero-order valence-corrected chi connectivity index (χ0v) is 10.7. The van der Waals surface area contributed by atoms with Crippen LogP contribution in [-0.2, 0) is 5.66 Å². The Morgan fingerprint density at radius 2 is 1.65 bits per heavy atom. The minimum atomic E-state index is -4.60. The van der Waals surface area contributed by atoms with E-state index in [0.717, 1.165) is 24.3 Å². The first kappa shape index (κ1) is 14.1. The molecule has 0 fully saturated rings. The summed E-state index contributed by atoms with van der Waals surface area (Å²) in [6.45, 7) is 0. The van der Waals surface area contributed by atoms with Gasteiger partial charge in [-0.2, -0.15) is 13.2 Å². The second-order valence-electron chi connectivity index (χ2n) is 3.23. The third kappa shape index (κ3) is 2.36. The molecule has 0 spiro atoms. The van der Waals surface area contributed by atoms with Crippen LogP contribution >= 0.6 is 0 Å². The summed E-state index contributed by atoms with van der Waals surface area (Å²) in [6.07, 6.45) is -4.60. The summed E-state index contributed by atoms with van der Waals surface area (Å²) < 4.78 is 37.6. The molecule has 0 saturated carbocycles. The average Bonchev–Trinajstić information content (AvgIpc) is 2.97. The third-order valence-corrected chi connectivity index (χ3v) is 2.22. The fraction of sp³-hybridized carbons (Fsp3) is 0.222. The molecule has 0 radical (unpaired) electrons. The van der Waals surface area contributed by atoms with Gasteiger partial charge in [0.25, 0.3) is 0 Å². The van der Waals surface area contributed by atoms with Gasteiger partial charge < -0.3 is 9.90 Å². The van der Waals surface area contributed by atoms with Gasteiger partial charge in [0.2, 0.25) is 0 Å². The molecule has 1 aromatic rings. The first-order valence-corrected chi connectivity index (χ1v) is 4.19. The predicted molar refractivity (Wildman–Crippen MR) is 43.4 cm³/mol. The number of carbonyl (C=O) groups is 1. The Labute approximate surface area is 116 Å². The van der Waals surface area contributed by atoms with Gasteiger partial charge in [-0.15, -0.1) is 10.2 Å². The smallest absolute Gasteiger partial charge is 0.545 e. The van der Waals surface area contributed by atoms with E-state index in [1.54, 1.807) is 0 Å². The molecule has 1 aromatic carbocycles. The molecular weight excluding hydrogens is 248 g/mol. The number of benzene rings is 1. The number of nitrogens with zero attached hydrogens (tertiary/aromatic N) is 2. The quantitative estimate of drug-likeness (QED) is 0.585. The largest absolute Gasteiger partial charge is 1.00 e. The Hall–Kier alpha value is -0.920. The first-order chi connectivity index (χ1) is 7.37. The van der Waals surface area contributed by atoms with Crippen molar-refractivity contribution in [2.24, 2.45) is 10.2 Å². The van der Waals surface area contributed by atoms with E-state index in [1.807, 2.05) is 0 Å². The fourth-order valence-electron chi connectivity index (χ4n) is 1.28. The summed E-state index contributed by atoms with van der Waals surface area (Å²) in [5, 5.41) is 16.4. The van der Waals surface area contributed by atoms with Crippen LogP contribution in [0.2, 0.25) is 0 Å². The number of carboxylic acid groups (broad SMARTS) is 1. The molecule has 0 N–H and O–H groups in total. The molecule has 4 nitrogen and oxygen atoms in total. The maximum Gasteiger partial charge on any atom is 1.00 e. The molecular formula is C9H4F3N2NaO2. The van der Waals surface area contributed by atoms with Crippen molar-refractivity contribution in [2.75, 3.05) is 0 Å². The summed E-state index contributed by atoms with van der Waals surface area (Å²) in [6, 6.07) is 4.11. The van der Waals surface area contributed by atoms with Gasteiger partial charge in [-0.1, -0.05) is 24.3 Å². The van der Waals surface area contributed by atoms with Crippen molar-refractivity contribution in [3.05, 3.63) is 35.4 Å². The Morgan fingerprint density at radius 1 is 1.18 bits per heavy atom. The van der Waals surface area contributed by atoms with Crippen molar-refractivity contribution in [1.29, 1.82) is 0 Å². The number of carbonyl (C=O) groups excluding carboxylic acids is 1. The zero-order chi connectivity index (χ0) is 12.0. The van der Waals surface area contributed by atoms with Crippen molar-refractivity contribution >= 4 is 5.97 Å². The van der Waals surface area contributed by atoms with E-state index < -0.39 is 17.8 Å². The number of hydrogen-bond acceptors (Lipinski definition) is 4. The topological polar surface area (TPSA) is 64.8 Å². The van der Waals surface area contributed by atoms with E-state index in [0.29, 0.717) is 0 Å². The van der Waals surface area contributed by atoms with Gasteiger partial charge in [-0.25, -0.2) is 0 Å². The molecule has 0 amide bonds. The summed E-state index contributed by atoms with van der Waals surface area (Å²) in [5.41, 5.74) is -2.90. The molecule has 0 atom stereocenters. The Balaban J connectivity index is 0.00000144. The van der Waals surface area contributed by atoms with E-state index in [-0.39, 0.29) is 40.7 Å². The monoisotopic (exact) mass is 252 g/mol. The Morgan fingerprint density at radius 3 is 1.94 bits per heavy atom. The second kappa shape index (κ2) is 4.40. The molecule has 0 saturated heterocycles. The van der Waals surface area contributed by atoms with E-state index in [4.69, 9.17) is 0 Å². The SMILES string of the molecule is O=C([O-])c1ccc(C2(C(F)(F)F)N=N2)cc1.[Na+]. The van der Waals surface area contributed by atoms with Crippen LogP contribution in [0.15, 0.2) is 34.5 Å². The number of halogens is 3. The van der Waals surface area contributed by atoms with Crippen LogP contribution < -0.4 is 34.7 Å². The van der Waals surface area contributed by atoms with Gasteiger partial charge in [-0.05, 0) is 5.56 Å². The minimum absolute atomic E-state index is 0. The minimum Gasteiger partial charge on any atom is -0.545 e. The normalized spacial score (nSPS) is 16.2. The maximum atomic E-state index is 12.5. The van der Waals surface area contributed by atoms with Crippen LogP contribution in [-0.4, -0.2) is 12.1 Å². The second-order valence-corrected chi connectivity index (χ2v) is 3.23. The zero-order valence-electron chi connectivity index (χ0n) is 8.65. The van der Waals surface area contributed by atoms with Crippen molar-refractivity contribution in [1.82, 2.24) is 0 Å². The van der Waals surface area contributed by atoms with Crippen LogP contribution in [0.4, 0.5) is 13.2 Å². The van der Waals surface area contributed by atoms with Crippen LogP contribution in [0, 0.1) is 0 Å². The number of carboxylic acids is 1. The molecule has 0 aromatic heterocycles. The number of alkyl halides is 3. The number of hydrogen-bond donors (Lipinski definition) is 0. The summed E-state index contributed by atoms with van der Waals surface area (Å²) >= 11 is 0. The molecule has 0 bridgehead atoms. The summed E-state index contributed by atoms with van der Waals surface area (Å²) in [5.74, 6) is -1.45. The molecule has 1 heterocycles. The first-order valence-electron chi connectivity index (χ1n) is 4.19. The molecule has 1 aliphatic heterocycles. The summed E-state index contributed by atoms with van der Waals surface area (Å²) in [4.78, 5) is 10.4. The van der Waals surface area contributed by atoms with Crippen molar-refractivity contribution in [2.45, 2.75) is 11.8 Å². The number of rotatable bonds is 2. The standard InChI is InChI=1S/C9H5F3N2O2.Na/c10-9(11,12)8(13-14-8)6-3-1-5(2-4-6)7(15)16;/h1-4H,(H,15,16);/q;+1/p-1. The van der Waals surface area contributed by atoms with Gasteiger partial charge in [0, 0.05) is 5.56 Å². The van der Waals surface area contributed by atoms with Crippen LogP contribution in [0.25, 0.3) is 0 Å². The average molecular weight is 252 g/mol.